The van der Waals surface area contributed by atoms with Gasteiger partial charge in [-0.3, -0.25) is 0 Å². The Hall–Kier alpha value is -2.31. The fraction of sp³-hybridized carbons (Fsp3) is 0.341. The van der Waals surface area contributed by atoms with E-state index in [4.69, 9.17) is 0 Å². The summed E-state index contributed by atoms with van der Waals surface area (Å²) in [6.07, 6.45) is 5.91. The van der Waals surface area contributed by atoms with Gasteiger partial charge in [-0.05, 0) is 52.2 Å². The van der Waals surface area contributed by atoms with Gasteiger partial charge in [-0.15, -0.1) is 16.7 Å². The summed E-state index contributed by atoms with van der Waals surface area (Å²) in [5.41, 5.74) is 15.8. The van der Waals surface area contributed by atoms with Gasteiger partial charge in [-0.2, -0.15) is 17.7 Å². The van der Waals surface area contributed by atoms with E-state index in [0.717, 1.165) is 6.42 Å². The van der Waals surface area contributed by atoms with Crippen LogP contribution >= 0.6 is 0 Å². The number of rotatable bonds is 3. The Morgan fingerprint density at radius 2 is 1.23 bits per heavy atom. The van der Waals surface area contributed by atoms with E-state index in [9.17, 15) is 0 Å². The van der Waals surface area contributed by atoms with Gasteiger partial charge >= 0.3 is 99.2 Å². The van der Waals surface area contributed by atoms with Gasteiger partial charge in [0.15, 0.2) is 0 Å². The van der Waals surface area contributed by atoms with Crippen LogP contribution in [0.3, 0.4) is 0 Å². The second-order valence-electron chi connectivity index (χ2n) is 15.9. The van der Waals surface area contributed by atoms with Crippen LogP contribution in [0.15, 0.2) is 108 Å². The SMILES string of the molecule is CC1=CC(C(C)(C)C)=CC1c1cc2c([c-]c1C(C)(C)C)Cc1cc(C(C)(C)C)ccc1-2.[Cl-].[Cl-].[Zr+2]=[C](c1ccccc1)c1ccccc1. The Morgan fingerprint density at radius 3 is 1.70 bits per heavy atom. The van der Waals surface area contributed by atoms with Crippen molar-refractivity contribution < 1.29 is 49.0 Å². The number of allylic oxidation sites excluding steroid dienone is 4. The normalized spacial score (nSPS) is 15.2. The van der Waals surface area contributed by atoms with Crippen LogP contribution in [0.5, 0.6) is 0 Å². The summed E-state index contributed by atoms with van der Waals surface area (Å²) in [6, 6.07) is 34.6. The van der Waals surface area contributed by atoms with E-state index >= 15 is 0 Å². The van der Waals surface area contributed by atoms with Crippen molar-refractivity contribution in [2.75, 3.05) is 0 Å². The maximum absolute atomic E-state index is 3.93. The Bertz CT molecular complexity index is 1730. The number of benzene rings is 4. The first kappa shape index (κ1) is 39.1. The van der Waals surface area contributed by atoms with Crippen LogP contribution in [0.1, 0.15) is 114 Å². The molecule has 0 N–H and O–H groups in total. The van der Waals surface area contributed by atoms with Gasteiger partial charge < -0.3 is 24.8 Å². The molecule has 0 amide bonds. The van der Waals surface area contributed by atoms with Crippen LogP contribution in [0.4, 0.5) is 0 Å². The molecule has 0 radical (unpaired) electrons. The van der Waals surface area contributed by atoms with E-state index in [1.165, 1.54) is 88.7 Å². The molecule has 1 atom stereocenters. The summed E-state index contributed by atoms with van der Waals surface area (Å²) >= 11 is 1.46. The molecule has 47 heavy (non-hydrogen) atoms. The van der Waals surface area contributed by atoms with Gasteiger partial charge in [0.2, 0.25) is 0 Å². The van der Waals surface area contributed by atoms with Crippen molar-refractivity contribution in [3.63, 3.8) is 0 Å². The molecule has 6 rings (SSSR count). The third kappa shape index (κ3) is 8.84. The molecule has 0 heterocycles. The molecule has 0 bridgehead atoms. The van der Waals surface area contributed by atoms with E-state index in [0.29, 0.717) is 5.92 Å². The first-order chi connectivity index (χ1) is 21.0. The standard InChI is InChI=1S/C31H39.C13H10.2ClH.Zr/c1-19-13-23(30(5,6)7)17-25(19)27-18-26-21(16-28(27)31(8,9)10)14-20-15-22(29(2,3)4)11-12-24(20)26;1-3-7-12(8-4-1)11-13-9-5-2-6-10-13;;;/h11-13,15,17-18,25H,14H2,1-10H3;1-10H;2*1H;/q-1;;;;+2/p-2. The van der Waals surface area contributed by atoms with Crippen LogP contribution in [0, 0.1) is 11.5 Å². The number of hydrogen-bond donors (Lipinski definition) is 0. The molecule has 0 aromatic heterocycles. The zero-order chi connectivity index (χ0) is 32.7. The number of fused-ring (bicyclic) bond motifs is 3. The van der Waals surface area contributed by atoms with Crippen molar-refractivity contribution in [1.82, 2.24) is 0 Å². The Morgan fingerprint density at radius 1 is 0.681 bits per heavy atom. The van der Waals surface area contributed by atoms with Gasteiger partial charge in [0.25, 0.3) is 0 Å². The van der Waals surface area contributed by atoms with Crippen molar-refractivity contribution in [2.24, 2.45) is 5.41 Å². The van der Waals surface area contributed by atoms with Crippen LogP contribution in [0.25, 0.3) is 11.1 Å². The minimum absolute atomic E-state index is 0. The van der Waals surface area contributed by atoms with E-state index < -0.39 is 0 Å². The molecule has 1 unspecified atom stereocenters. The number of halogens is 2. The molecule has 0 saturated carbocycles. The minimum atomic E-state index is 0. The van der Waals surface area contributed by atoms with E-state index in [-0.39, 0.29) is 41.1 Å². The zero-order valence-electron chi connectivity index (χ0n) is 29.8. The van der Waals surface area contributed by atoms with E-state index in [1.54, 1.807) is 0 Å². The average Bonchev–Trinajstić information content (AvgIpc) is 3.56. The Balaban J connectivity index is 0.000000316. The van der Waals surface area contributed by atoms with Crippen LogP contribution in [0.2, 0.25) is 0 Å². The third-order valence-corrected chi connectivity index (χ3v) is 10.5. The molecular formula is C44H49Cl2Zr-. The topological polar surface area (TPSA) is 0 Å². The quantitative estimate of drug-likeness (QED) is 0.215. The summed E-state index contributed by atoms with van der Waals surface area (Å²) in [4.78, 5) is 0. The maximum atomic E-state index is 3.93. The zero-order valence-corrected chi connectivity index (χ0v) is 33.7. The third-order valence-electron chi connectivity index (χ3n) is 9.11. The molecule has 2 aliphatic rings. The van der Waals surface area contributed by atoms with Crippen LogP contribution in [-0.2, 0) is 41.5 Å². The van der Waals surface area contributed by atoms with Gasteiger partial charge in [0.05, 0.1) is 0 Å². The fourth-order valence-corrected chi connectivity index (χ4v) is 7.20. The summed E-state index contributed by atoms with van der Waals surface area (Å²) in [5.74, 6) is 0.350. The summed E-state index contributed by atoms with van der Waals surface area (Å²) in [6.45, 7) is 23.1. The van der Waals surface area contributed by atoms with Crippen molar-refractivity contribution >= 4 is 3.21 Å². The second kappa shape index (κ2) is 15.1. The predicted octanol–water partition coefficient (Wildman–Crippen LogP) is 5.48. The van der Waals surface area contributed by atoms with Crippen molar-refractivity contribution in [3.8, 4) is 11.1 Å². The van der Waals surface area contributed by atoms with Gasteiger partial charge in [-0.25, -0.2) is 0 Å². The second-order valence-corrected chi connectivity index (χ2v) is 17.1. The van der Waals surface area contributed by atoms with Crippen LogP contribution < -0.4 is 24.8 Å². The first-order valence-corrected chi connectivity index (χ1v) is 17.6. The Labute approximate surface area is 312 Å². The van der Waals surface area contributed by atoms with Crippen molar-refractivity contribution in [1.29, 1.82) is 0 Å². The molecule has 0 fully saturated rings. The molecule has 4 aromatic rings. The fourth-order valence-electron chi connectivity index (χ4n) is 6.38. The molecule has 0 spiro atoms. The monoisotopic (exact) mass is 737 g/mol. The molecule has 2 aliphatic carbocycles. The predicted molar refractivity (Wildman–Crippen MR) is 191 cm³/mol. The van der Waals surface area contributed by atoms with Crippen molar-refractivity contribution in [2.45, 2.75) is 92.4 Å². The van der Waals surface area contributed by atoms with Crippen LogP contribution in [-0.4, -0.2) is 3.21 Å². The summed E-state index contributed by atoms with van der Waals surface area (Å²) in [7, 11) is 0. The molecule has 244 valence electrons. The average molecular weight is 740 g/mol. The van der Waals surface area contributed by atoms with Crippen molar-refractivity contribution in [3.05, 3.63) is 153 Å². The molecular weight excluding hydrogens is 691 g/mol. The molecule has 0 nitrogen and oxygen atoms in total. The van der Waals surface area contributed by atoms with Gasteiger partial charge in [-0.1, -0.05) is 104 Å². The molecule has 0 aliphatic heterocycles. The molecule has 4 aromatic carbocycles. The summed E-state index contributed by atoms with van der Waals surface area (Å²) in [5, 5.41) is 0. The Kier molecular flexibility index (Phi) is 12.5. The number of hydrogen-bond acceptors (Lipinski definition) is 0. The van der Waals surface area contributed by atoms with Gasteiger partial charge in [0.1, 0.15) is 0 Å². The van der Waals surface area contributed by atoms with E-state index in [1.807, 2.05) is 0 Å². The molecule has 0 saturated heterocycles. The van der Waals surface area contributed by atoms with Gasteiger partial charge in [0, 0.05) is 0 Å². The summed E-state index contributed by atoms with van der Waals surface area (Å²) < 4.78 is 1.42. The van der Waals surface area contributed by atoms with E-state index in [2.05, 4.69) is 172 Å². The first-order valence-electron chi connectivity index (χ1n) is 16.4. The molecule has 3 heteroatoms.